The normalized spacial score (nSPS) is 10.6. The molecule has 0 aliphatic rings. The molecular formula is C15H14ClNO3. The maximum Gasteiger partial charge on any atom is 0.309 e. The predicted octanol–water partition coefficient (Wildman–Crippen LogP) is 2.85. The van der Waals surface area contributed by atoms with Gasteiger partial charge in [-0.1, -0.05) is 23.7 Å². The Morgan fingerprint density at radius 2 is 1.95 bits per heavy atom. The van der Waals surface area contributed by atoms with Gasteiger partial charge in [0.25, 0.3) is 0 Å². The van der Waals surface area contributed by atoms with Crippen molar-refractivity contribution in [1.29, 1.82) is 0 Å². The van der Waals surface area contributed by atoms with Gasteiger partial charge in [0.05, 0.1) is 17.1 Å². The van der Waals surface area contributed by atoms with Crippen LogP contribution in [0.5, 0.6) is 0 Å². The Hall–Kier alpha value is -2.07. The number of halogens is 1. The van der Waals surface area contributed by atoms with Gasteiger partial charge in [0.1, 0.15) is 0 Å². The average Bonchev–Trinajstić information content (AvgIpc) is 2.63. The van der Waals surface area contributed by atoms with Crippen molar-refractivity contribution in [3.63, 3.8) is 0 Å². The van der Waals surface area contributed by atoms with Crippen LogP contribution in [0.1, 0.15) is 27.3 Å². The molecule has 4 nitrogen and oxygen atoms in total. The number of carboxylic acids is 1. The molecule has 1 heterocycles. The molecule has 104 valence electrons. The molecule has 0 unspecified atom stereocenters. The third kappa shape index (κ3) is 2.60. The third-order valence-electron chi connectivity index (χ3n) is 3.19. The highest BCUT2D eigenvalue weighted by Gasteiger charge is 2.20. The molecule has 0 bridgehead atoms. The van der Waals surface area contributed by atoms with E-state index < -0.39 is 5.97 Å². The van der Waals surface area contributed by atoms with Crippen molar-refractivity contribution < 1.29 is 14.7 Å². The molecule has 0 saturated heterocycles. The van der Waals surface area contributed by atoms with Gasteiger partial charge >= 0.3 is 5.97 Å². The van der Waals surface area contributed by atoms with E-state index in [4.69, 9.17) is 16.7 Å². The Labute approximate surface area is 121 Å². The SMILES string of the molecule is Cc1cc(CC(=O)O)n(C)c1C(=O)c1ccccc1Cl. The smallest absolute Gasteiger partial charge is 0.309 e. The maximum absolute atomic E-state index is 12.6. The molecule has 1 N–H and O–H groups in total. The maximum atomic E-state index is 12.6. The zero-order valence-corrected chi connectivity index (χ0v) is 11.9. The number of benzene rings is 1. The van der Waals surface area contributed by atoms with Crippen LogP contribution in [0.4, 0.5) is 0 Å². The van der Waals surface area contributed by atoms with E-state index in [1.54, 1.807) is 48.9 Å². The first-order valence-electron chi connectivity index (χ1n) is 6.08. The molecule has 0 aliphatic heterocycles. The quantitative estimate of drug-likeness (QED) is 0.881. The molecular weight excluding hydrogens is 278 g/mol. The third-order valence-corrected chi connectivity index (χ3v) is 3.52. The van der Waals surface area contributed by atoms with Crippen molar-refractivity contribution in [1.82, 2.24) is 4.57 Å². The summed E-state index contributed by atoms with van der Waals surface area (Å²) in [6.07, 6.45) is -0.118. The lowest BCUT2D eigenvalue weighted by Crippen LogP contribution is -2.12. The van der Waals surface area contributed by atoms with Crippen molar-refractivity contribution in [2.24, 2.45) is 7.05 Å². The van der Waals surface area contributed by atoms with Crippen molar-refractivity contribution in [2.75, 3.05) is 0 Å². The van der Waals surface area contributed by atoms with Crippen LogP contribution in [0.25, 0.3) is 0 Å². The Morgan fingerprint density at radius 1 is 1.30 bits per heavy atom. The highest BCUT2D eigenvalue weighted by Crippen LogP contribution is 2.23. The van der Waals surface area contributed by atoms with Crippen LogP contribution in [0.15, 0.2) is 30.3 Å². The second-order valence-electron chi connectivity index (χ2n) is 4.61. The summed E-state index contributed by atoms with van der Waals surface area (Å²) in [4.78, 5) is 23.4. The van der Waals surface area contributed by atoms with Gasteiger partial charge in [0, 0.05) is 18.3 Å². The molecule has 1 aromatic carbocycles. The summed E-state index contributed by atoms with van der Waals surface area (Å²) in [5.41, 5.74) is 2.22. The summed E-state index contributed by atoms with van der Waals surface area (Å²) >= 11 is 6.04. The molecule has 2 aromatic rings. The summed E-state index contributed by atoms with van der Waals surface area (Å²) in [6.45, 7) is 1.79. The number of nitrogens with zero attached hydrogens (tertiary/aromatic N) is 1. The lowest BCUT2D eigenvalue weighted by molar-refractivity contribution is -0.136. The van der Waals surface area contributed by atoms with Crippen molar-refractivity contribution in [3.8, 4) is 0 Å². The van der Waals surface area contributed by atoms with Gasteiger partial charge in [0.15, 0.2) is 0 Å². The Kier molecular flexibility index (Phi) is 3.95. The Morgan fingerprint density at radius 3 is 2.55 bits per heavy atom. The number of hydrogen-bond acceptors (Lipinski definition) is 2. The zero-order valence-electron chi connectivity index (χ0n) is 11.2. The van der Waals surface area contributed by atoms with Gasteiger partial charge < -0.3 is 9.67 Å². The van der Waals surface area contributed by atoms with Gasteiger partial charge in [-0.3, -0.25) is 9.59 Å². The van der Waals surface area contributed by atoms with Crippen LogP contribution < -0.4 is 0 Å². The van der Waals surface area contributed by atoms with Crippen LogP contribution in [0.3, 0.4) is 0 Å². The lowest BCUT2D eigenvalue weighted by Gasteiger charge is -2.08. The molecule has 0 aliphatic carbocycles. The molecule has 0 atom stereocenters. The van der Waals surface area contributed by atoms with E-state index in [-0.39, 0.29) is 12.2 Å². The fourth-order valence-corrected chi connectivity index (χ4v) is 2.47. The van der Waals surface area contributed by atoms with Crippen molar-refractivity contribution >= 4 is 23.4 Å². The van der Waals surface area contributed by atoms with Gasteiger partial charge in [0.2, 0.25) is 5.78 Å². The predicted molar refractivity (Wildman–Crippen MR) is 76.4 cm³/mol. The van der Waals surface area contributed by atoms with Gasteiger partial charge in [-0.2, -0.15) is 0 Å². The number of rotatable bonds is 4. The van der Waals surface area contributed by atoms with Crippen LogP contribution in [0, 0.1) is 6.92 Å². The van der Waals surface area contributed by atoms with Crippen LogP contribution in [-0.2, 0) is 18.3 Å². The standard InChI is InChI=1S/C15H14ClNO3/c1-9-7-10(8-13(18)19)17(2)14(9)15(20)11-5-3-4-6-12(11)16/h3-7H,8H2,1-2H3,(H,18,19). The zero-order chi connectivity index (χ0) is 14.9. The first kappa shape index (κ1) is 14.3. The largest absolute Gasteiger partial charge is 0.481 e. The second kappa shape index (κ2) is 5.51. The van der Waals surface area contributed by atoms with E-state index in [0.29, 0.717) is 22.0 Å². The summed E-state index contributed by atoms with van der Waals surface area (Å²) in [7, 11) is 1.69. The highest BCUT2D eigenvalue weighted by atomic mass is 35.5. The first-order chi connectivity index (χ1) is 9.41. The van der Waals surface area contributed by atoms with E-state index in [1.165, 1.54) is 0 Å². The van der Waals surface area contributed by atoms with Gasteiger partial charge in [-0.05, 0) is 30.7 Å². The average molecular weight is 292 g/mol. The monoisotopic (exact) mass is 291 g/mol. The van der Waals surface area contributed by atoms with Gasteiger partial charge in [-0.25, -0.2) is 0 Å². The second-order valence-corrected chi connectivity index (χ2v) is 5.01. The highest BCUT2D eigenvalue weighted by molar-refractivity contribution is 6.34. The van der Waals surface area contributed by atoms with Crippen LogP contribution in [0.2, 0.25) is 5.02 Å². The van der Waals surface area contributed by atoms with Crippen molar-refractivity contribution in [3.05, 3.63) is 57.9 Å². The molecule has 1 aromatic heterocycles. The summed E-state index contributed by atoms with van der Waals surface area (Å²) < 4.78 is 1.62. The molecule has 0 saturated carbocycles. The van der Waals surface area contributed by atoms with E-state index in [0.717, 1.165) is 5.56 Å². The van der Waals surface area contributed by atoms with Crippen LogP contribution in [-0.4, -0.2) is 21.4 Å². The minimum Gasteiger partial charge on any atom is -0.481 e. The Balaban J connectivity index is 2.48. The Bertz CT molecular complexity index is 688. The number of ketones is 1. The minimum atomic E-state index is -0.928. The molecule has 0 fully saturated rings. The van der Waals surface area contributed by atoms with E-state index >= 15 is 0 Å². The van der Waals surface area contributed by atoms with E-state index in [9.17, 15) is 9.59 Å². The van der Waals surface area contributed by atoms with E-state index in [1.807, 2.05) is 0 Å². The minimum absolute atomic E-state index is 0.118. The van der Waals surface area contributed by atoms with Crippen molar-refractivity contribution in [2.45, 2.75) is 13.3 Å². The fourth-order valence-electron chi connectivity index (χ4n) is 2.25. The topological polar surface area (TPSA) is 59.3 Å². The number of carbonyl (C=O) groups excluding carboxylic acids is 1. The number of carboxylic acid groups (broad SMARTS) is 1. The number of carbonyl (C=O) groups is 2. The summed E-state index contributed by atoms with van der Waals surface area (Å²) in [5, 5.41) is 9.26. The molecule has 0 spiro atoms. The fraction of sp³-hybridized carbons (Fsp3) is 0.200. The summed E-state index contributed by atoms with van der Waals surface area (Å²) in [6, 6.07) is 8.54. The molecule has 5 heteroatoms. The summed E-state index contributed by atoms with van der Waals surface area (Å²) in [5.74, 6) is -1.13. The molecule has 20 heavy (non-hydrogen) atoms. The number of aryl methyl sites for hydroxylation is 1. The van der Waals surface area contributed by atoms with Crippen LogP contribution >= 0.6 is 11.6 Å². The lowest BCUT2D eigenvalue weighted by atomic mass is 10.1. The van der Waals surface area contributed by atoms with E-state index in [2.05, 4.69) is 0 Å². The van der Waals surface area contributed by atoms with Gasteiger partial charge in [-0.15, -0.1) is 0 Å². The number of hydrogen-bond donors (Lipinski definition) is 1. The number of aliphatic carboxylic acids is 1. The molecule has 0 radical (unpaired) electrons. The molecule has 0 amide bonds. The first-order valence-corrected chi connectivity index (χ1v) is 6.46. The molecule has 2 rings (SSSR count). The number of aromatic nitrogens is 1.